The first-order valence-electron chi connectivity index (χ1n) is 10.5. The van der Waals surface area contributed by atoms with E-state index in [1.807, 2.05) is 39.0 Å². The molecule has 6 atom stereocenters. The zero-order chi connectivity index (χ0) is 22.1. The maximum atomic E-state index is 13.2. The summed E-state index contributed by atoms with van der Waals surface area (Å²) in [6.45, 7) is 6.64. The molecule has 3 fully saturated rings. The van der Waals surface area contributed by atoms with Crippen LogP contribution in [0.25, 0.3) is 0 Å². The first-order chi connectivity index (χ1) is 14.7. The fraction of sp³-hybridized carbons (Fsp3) is 0.571. The van der Waals surface area contributed by atoms with Gasteiger partial charge in [0.05, 0.1) is 24.8 Å². The third-order valence-corrected chi connectivity index (χ3v) is 6.74. The number of imide groups is 1. The minimum atomic E-state index is -1.38. The quantitative estimate of drug-likeness (QED) is 0.600. The number of cyclic esters (lactones) is 1. The van der Waals surface area contributed by atoms with Crippen molar-refractivity contribution >= 4 is 29.4 Å². The van der Waals surface area contributed by atoms with Gasteiger partial charge in [0, 0.05) is 17.9 Å². The number of fused-ring (bicyclic) bond motifs is 4. The van der Waals surface area contributed by atoms with Crippen molar-refractivity contribution in [3.8, 4) is 0 Å². The van der Waals surface area contributed by atoms with Crippen LogP contribution in [0.3, 0.4) is 0 Å². The van der Waals surface area contributed by atoms with Gasteiger partial charge in [-0.3, -0.25) is 15.0 Å². The van der Waals surface area contributed by atoms with Gasteiger partial charge in [-0.15, -0.1) is 0 Å². The standard InChI is InChI=1S/C21H26N4O6/c1-10-9-25-15-5-4-14(24-8-11(2)31-20(24)29)6-13(15)7-21(16(25)12(3)30-10)17(26)22-19(28)23-18(21)27/h4-6,10-12,16-17,26H,7-9H2,1-3H3,(H2,22,23,27,28)/t10-,11?,12+,16-,17-,21-/m1/s1. The number of rotatable bonds is 1. The number of amides is 4. The Morgan fingerprint density at radius 1 is 1.13 bits per heavy atom. The van der Waals surface area contributed by atoms with Gasteiger partial charge < -0.3 is 24.8 Å². The number of ether oxygens (including phenoxy) is 2. The second-order valence-corrected chi connectivity index (χ2v) is 8.91. The summed E-state index contributed by atoms with van der Waals surface area (Å²) in [6.07, 6.45) is -2.25. The normalized spacial score (nSPS) is 37.2. The van der Waals surface area contributed by atoms with E-state index in [9.17, 15) is 19.5 Å². The van der Waals surface area contributed by atoms with Gasteiger partial charge in [-0.05, 0) is 51.0 Å². The Morgan fingerprint density at radius 3 is 2.58 bits per heavy atom. The van der Waals surface area contributed by atoms with Crippen LogP contribution in [0.2, 0.25) is 0 Å². The molecule has 0 saturated carbocycles. The minimum absolute atomic E-state index is 0.0817. The summed E-state index contributed by atoms with van der Waals surface area (Å²) in [7, 11) is 0. The fourth-order valence-corrected chi connectivity index (χ4v) is 5.58. The van der Waals surface area contributed by atoms with Gasteiger partial charge in [-0.25, -0.2) is 9.59 Å². The fourth-order valence-electron chi connectivity index (χ4n) is 5.58. The molecule has 0 aliphatic carbocycles. The van der Waals surface area contributed by atoms with Gasteiger partial charge in [-0.1, -0.05) is 0 Å². The number of carbonyl (C=O) groups excluding carboxylic acids is 3. The highest BCUT2D eigenvalue weighted by Crippen LogP contribution is 2.48. The molecule has 3 saturated heterocycles. The third kappa shape index (κ3) is 2.89. The maximum absolute atomic E-state index is 13.2. The van der Waals surface area contributed by atoms with Crippen molar-refractivity contribution < 1.29 is 29.0 Å². The van der Waals surface area contributed by atoms with Crippen LogP contribution in [0.1, 0.15) is 26.3 Å². The second-order valence-electron chi connectivity index (χ2n) is 8.91. The Labute approximate surface area is 179 Å². The maximum Gasteiger partial charge on any atom is 0.414 e. The molecule has 1 unspecified atom stereocenters. The molecular weight excluding hydrogens is 404 g/mol. The summed E-state index contributed by atoms with van der Waals surface area (Å²) < 4.78 is 11.3. The summed E-state index contributed by atoms with van der Waals surface area (Å²) in [5.41, 5.74) is 1.08. The molecule has 4 amide bonds. The van der Waals surface area contributed by atoms with Crippen LogP contribution in [0.15, 0.2) is 18.2 Å². The molecule has 1 aromatic carbocycles. The highest BCUT2D eigenvalue weighted by molar-refractivity contribution is 6.02. The van der Waals surface area contributed by atoms with Crippen molar-refractivity contribution in [2.75, 3.05) is 22.9 Å². The van der Waals surface area contributed by atoms with E-state index in [0.29, 0.717) is 18.8 Å². The molecular formula is C21H26N4O6. The largest absolute Gasteiger partial charge is 0.444 e. The average Bonchev–Trinajstić information content (AvgIpc) is 3.03. The lowest BCUT2D eigenvalue weighted by Gasteiger charge is -2.57. The van der Waals surface area contributed by atoms with E-state index in [-0.39, 0.29) is 24.7 Å². The Kier molecular flexibility index (Phi) is 4.42. The number of aliphatic hydroxyl groups excluding tert-OH is 1. The van der Waals surface area contributed by atoms with Gasteiger partial charge in [0.25, 0.3) is 0 Å². The topological polar surface area (TPSA) is 120 Å². The van der Waals surface area contributed by atoms with Crippen molar-refractivity contribution in [2.45, 2.75) is 57.8 Å². The van der Waals surface area contributed by atoms with E-state index in [1.54, 1.807) is 4.90 Å². The molecule has 5 rings (SSSR count). The number of urea groups is 1. The molecule has 0 radical (unpaired) electrons. The predicted octanol–water partition coefficient (Wildman–Crippen LogP) is 0.714. The number of benzene rings is 1. The van der Waals surface area contributed by atoms with E-state index in [4.69, 9.17) is 9.47 Å². The molecule has 4 heterocycles. The van der Waals surface area contributed by atoms with Crippen LogP contribution >= 0.6 is 0 Å². The number of carbonyl (C=O) groups is 3. The smallest absolute Gasteiger partial charge is 0.414 e. The Balaban J connectivity index is 1.63. The summed E-state index contributed by atoms with van der Waals surface area (Å²) >= 11 is 0. The minimum Gasteiger partial charge on any atom is -0.444 e. The molecule has 166 valence electrons. The van der Waals surface area contributed by atoms with Crippen molar-refractivity contribution in [2.24, 2.45) is 5.41 Å². The number of hydrogen-bond donors (Lipinski definition) is 3. The number of morpholine rings is 1. The number of aliphatic hydroxyl groups is 1. The Bertz CT molecular complexity index is 969. The van der Waals surface area contributed by atoms with E-state index in [1.165, 1.54) is 0 Å². The van der Waals surface area contributed by atoms with Crippen molar-refractivity contribution in [1.82, 2.24) is 10.6 Å². The molecule has 4 aliphatic rings. The Morgan fingerprint density at radius 2 is 1.90 bits per heavy atom. The van der Waals surface area contributed by atoms with E-state index in [0.717, 1.165) is 11.3 Å². The van der Waals surface area contributed by atoms with Crippen LogP contribution in [0, 0.1) is 5.41 Å². The molecule has 10 nitrogen and oxygen atoms in total. The third-order valence-electron chi connectivity index (χ3n) is 6.74. The molecule has 10 heteroatoms. The van der Waals surface area contributed by atoms with Gasteiger partial charge in [0.1, 0.15) is 17.7 Å². The highest BCUT2D eigenvalue weighted by atomic mass is 16.6. The number of hydrogen-bond acceptors (Lipinski definition) is 7. The Hall–Kier alpha value is -2.85. The number of anilines is 2. The van der Waals surface area contributed by atoms with Crippen LogP contribution in [-0.4, -0.2) is 66.8 Å². The lowest BCUT2D eigenvalue weighted by Crippen LogP contribution is -2.76. The number of nitrogens with zero attached hydrogens (tertiary/aromatic N) is 2. The monoisotopic (exact) mass is 430 g/mol. The zero-order valence-corrected chi connectivity index (χ0v) is 17.6. The van der Waals surface area contributed by atoms with E-state index < -0.39 is 35.7 Å². The van der Waals surface area contributed by atoms with Crippen molar-refractivity contribution in [3.05, 3.63) is 23.8 Å². The molecule has 1 aromatic rings. The van der Waals surface area contributed by atoms with Crippen LogP contribution in [0.4, 0.5) is 21.0 Å². The SMILES string of the molecule is CC1CN(c2ccc3c(c2)C[C@@]2(C(=O)NC(=O)N[C@@H]2O)[C@H]2[C@H](C)O[C@H](C)CN32)C(=O)O1. The van der Waals surface area contributed by atoms with Crippen LogP contribution < -0.4 is 20.4 Å². The second kappa shape index (κ2) is 6.83. The first-order valence-corrected chi connectivity index (χ1v) is 10.5. The lowest BCUT2D eigenvalue weighted by molar-refractivity contribution is -0.155. The summed E-state index contributed by atoms with van der Waals surface area (Å²) in [6, 6.07) is 4.48. The summed E-state index contributed by atoms with van der Waals surface area (Å²) in [5.74, 6) is -0.533. The molecule has 3 N–H and O–H groups in total. The molecule has 1 spiro atoms. The van der Waals surface area contributed by atoms with E-state index in [2.05, 4.69) is 15.5 Å². The highest BCUT2D eigenvalue weighted by Gasteiger charge is 2.62. The van der Waals surface area contributed by atoms with Gasteiger partial charge in [0.15, 0.2) is 0 Å². The molecule has 31 heavy (non-hydrogen) atoms. The number of nitrogens with one attached hydrogen (secondary N) is 2. The predicted molar refractivity (Wildman–Crippen MR) is 110 cm³/mol. The average molecular weight is 430 g/mol. The lowest BCUT2D eigenvalue weighted by atomic mass is 9.66. The molecule has 4 aliphatic heterocycles. The summed E-state index contributed by atoms with van der Waals surface area (Å²) in [4.78, 5) is 40.9. The van der Waals surface area contributed by atoms with Gasteiger partial charge >= 0.3 is 12.1 Å². The zero-order valence-electron chi connectivity index (χ0n) is 17.6. The summed E-state index contributed by atoms with van der Waals surface area (Å²) in [5, 5.41) is 15.8. The molecule has 0 bridgehead atoms. The van der Waals surface area contributed by atoms with Crippen LogP contribution in [0.5, 0.6) is 0 Å². The first kappa shape index (κ1) is 20.1. The van der Waals surface area contributed by atoms with Gasteiger partial charge in [-0.2, -0.15) is 0 Å². The van der Waals surface area contributed by atoms with Gasteiger partial charge in [0.2, 0.25) is 5.91 Å². The van der Waals surface area contributed by atoms with E-state index >= 15 is 0 Å². The van der Waals surface area contributed by atoms with Crippen molar-refractivity contribution in [1.29, 1.82) is 0 Å². The van der Waals surface area contributed by atoms with Crippen LogP contribution in [-0.2, 0) is 20.7 Å². The van der Waals surface area contributed by atoms with Crippen molar-refractivity contribution in [3.63, 3.8) is 0 Å². The molecule has 0 aromatic heterocycles.